The highest BCUT2D eigenvalue weighted by molar-refractivity contribution is 7.89. The van der Waals surface area contributed by atoms with Gasteiger partial charge in [-0.1, -0.05) is 74.5 Å². The standard InChI is InChI=1S/C30H38N6O6S/c1-19(2)17-43(39,40)33-15-24-34-28(31-14-22(20-10-6-4-7-11-20)21-12-8-5-9-13-21)25-29(35-24)36(18-32-25)30-27(38)26(37)23(42-30)16-41-3/h4-13,18-19,22-23,26-27,30,33,37-38H,14-17H2,1-3H3,(H,31,34,35)/t23-,26-,27+,30-/m1/s1. The van der Waals surface area contributed by atoms with Crippen molar-refractivity contribution in [3.63, 3.8) is 0 Å². The van der Waals surface area contributed by atoms with E-state index in [-0.39, 0.29) is 36.6 Å². The molecular formula is C30H38N6O6S. The maximum atomic E-state index is 12.6. The Morgan fingerprint density at radius 3 is 2.26 bits per heavy atom. The lowest BCUT2D eigenvalue weighted by molar-refractivity contribution is -0.0580. The highest BCUT2D eigenvalue weighted by Gasteiger charge is 2.44. The number of benzene rings is 2. The molecule has 13 heteroatoms. The summed E-state index contributed by atoms with van der Waals surface area (Å²) in [5, 5.41) is 24.8. The van der Waals surface area contributed by atoms with Gasteiger partial charge in [-0.15, -0.1) is 0 Å². The number of aliphatic hydroxyl groups is 2. The summed E-state index contributed by atoms with van der Waals surface area (Å²) < 4.78 is 40.4. The molecule has 0 amide bonds. The number of aliphatic hydroxyl groups excluding tert-OH is 2. The second-order valence-corrected chi connectivity index (χ2v) is 12.9. The number of rotatable bonds is 13. The summed E-state index contributed by atoms with van der Waals surface area (Å²) in [6, 6.07) is 20.2. The number of hydrogen-bond donors (Lipinski definition) is 4. The van der Waals surface area contributed by atoms with Crippen LogP contribution in [0.25, 0.3) is 11.2 Å². The van der Waals surface area contributed by atoms with Crippen LogP contribution in [0.2, 0.25) is 0 Å². The fourth-order valence-electron chi connectivity index (χ4n) is 5.28. The van der Waals surface area contributed by atoms with Gasteiger partial charge in [-0.2, -0.15) is 0 Å². The molecular weight excluding hydrogens is 572 g/mol. The van der Waals surface area contributed by atoms with E-state index in [1.807, 2.05) is 50.2 Å². The van der Waals surface area contributed by atoms with Crippen LogP contribution < -0.4 is 10.0 Å². The van der Waals surface area contributed by atoms with Crippen LogP contribution in [0.5, 0.6) is 0 Å². The molecule has 230 valence electrons. The van der Waals surface area contributed by atoms with Crippen molar-refractivity contribution in [3.05, 3.63) is 83.9 Å². The lowest BCUT2D eigenvalue weighted by Gasteiger charge is -2.20. The van der Waals surface area contributed by atoms with E-state index in [9.17, 15) is 18.6 Å². The van der Waals surface area contributed by atoms with E-state index in [2.05, 4.69) is 49.3 Å². The fraction of sp³-hybridized carbons (Fsp3) is 0.433. The van der Waals surface area contributed by atoms with Gasteiger partial charge in [0.15, 0.2) is 23.2 Å². The molecule has 4 N–H and O–H groups in total. The Balaban J connectivity index is 1.51. The minimum atomic E-state index is -3.57. The predicted molar refractivity (Wildman–Crippen MR) is 162 cm³/mol. The van der Waals surface area contributed by atoms with Gasteiger partial charge in [0.25, 0.3) is 0 Å². The summed E-state index contributed by atoms with van der Waals surface area (Å²) in [7, 11) is -2.09. The van der Waals surface area contributed by atoms with Crippen LogP contribution in [0.3, 0.4) is 0 Å². The number of methoxy groups -OCH3 is 1. The normalized spacial score (nSPS) is 20.8. The van der Waals surface area contributed by atoms with Crippen molar-refractivity contribution in [1.82, 2.24) is 24.2 Å². The Labute approximate surface area is 251 Å². The molecule has 5 rings (SSSR count). The average Bonchev–Trinajstić information content (AvgIpc) is 3.53. The molecule has 1 fully saturated rings. The van der Waals surface area contributed by atoms with E-state index in [1.165, 1.54) is 18.0 Å². The summed E-state index contributed by atoms with van der Waals surface area (Å²) >= 11 is 0. The molecule has 4 aromatic rings. The first-order valence-corrected chi connectivity index (χ1v) is 15.9. The van der Waals surface area contributed by atoms with Gasteiger partial charge in [-0.05, 0) is 17.0 Å². The average molecular weight is 611 g/mol. The third-order valence-corrected chi connectivity index (χ3v) is 8.98. The molecule has 4 atom stereocenters. The largest absolute Gasteiger partial charge is 0.387 e. The first kappa shape index (κ1) is 31.0. The maximum Gasteiger partial charge on any atom is 0.212 e. The first-order chi connectivity index (χ1) is 20.7. The van der Waals surface area contributed by atoms with E-state index in [0.29, 0.717) is 23.5 Å². The number of imidazole rings is 1. The van der Waals surface area contributed by atoms with Crippen molar-refractivity contribution >= 4 is 27.0 Å². The van der Waals surface area contributed by atoms with Crippen LogP contribution in [0.15, 0.2) is 67.0 Å². The first-order valence-electron chi connectivity index (χ1n) is 14.2. The number of nitrogens with one attached hydrogen (secondary N) is 2. The van der Waals surface area contributed by atoms with Crippen LogP contribution >= 0.6 is 0 Å². The summed E-state index contributed by atoms with van der Waals surface area (Å²) in [6.45, 7) is 4.07. The van der Waals surface area contributed by atoms with E-state index < -0.39 is 34.6 Å². The van der Waals surface area contributed by atoms with Crippen molar-refractivity contribution in [2.75, 3.05) is 31.3 Å². The highest BCUT2D eigenvalue weighted by atomic mass is 32.2. The quantitative estimate of drug-likeness (QED) is 0.177. The van der Waals surface area contributed by atoms with Gasteiger partial charge in [0.2, 0.25) is 10.0 Å². The van der Waals surface area contributed by atoms with Crippen molar-refractivity contribution in [1.29, 1.82) is 0 Å². The minimum Gasteiger partial charge on any atom is -0.387 e. The van der Waals surface area contributed by atoms with Crippen LogP contribution in [-0.4, -0.2) is 82.5 Å². The molecule has 0 radical (unpaired) electrons. The Morgan fingerprint density at radius 1 is 1.00 bits per heavy atom. The van der Waals surface area contributed by atoms with E-state index >= 15 is 0 Å². The molecule has 43 heavy (non-hydrogen) atoms. The Bertz CT molecular complexity index is 1560. The fourth-order valence-corrected chi connectivity index (χ4v) is 6.63. The molecule has 1 aliphatic heterocycles. The van der Waals surface area contributed by atoms with Crippen LogP contribution in [-0.2, 0) is 26.0 Å². The summed E-state index contributed by atoms with van der Waals surface area (Å²) in [6.07, 6.45) is -2.71. The molecule has 3 heterocycles. The molecule has 2 aromatic heterocycles. The van der Waals surface area contributed by atoms with E-state index in [1.54, 1.807) is 0 Å². The number of nitrogens with zero attached hydrogens (tertiary/aromatic N) is 4. The summed E-state index contributed by atoms with van der Waals surface area (Å²) in [5.41, 5.74) is 2.95. The van der Waals surface area contributed by atoms with Gasteiger partial charge in [0.05, 0.1) is 25.2 Å². The Hall–Kier alpha value is -3.46. The maximum absolute atomic E-state index is 12.6. The third kappa shape index (κ3) is 7.20. The van der Waals surface area contributed by atoms with E-state index in [4.69, 9.17) is 9.47 Å². The molecule has 0 bridgehead atoms. The van der Waals surface area contributed by atoms with Crippen LogP contribution in [0.4, 0.5) is 5.82 Å². The monoisotopic (exact) mass is 610 g/mol. The predicted octanol–water partition coefficient (Wildman–Crippen LogP) is 2.41. The third-order valence-electron chi connectivity index (χ3n) is 7.29. The van der Waals surface area contributed by atoms with Crippen LogP contribution in [0, 0.1) is 5.92 Å². The Morgan fingerprint density at radius 2 is 1.65 bits per heavy atom. The van der Waals surface area contributed by atoms with Gasteiger partial charge in [0, 0.05) is 19.6 Å². The number of hydrogen-bond acceptors (Lipinski definition) is 10. The minimum absolute atomic E-state index is 0.0209. The van der Waals surface area contributed by atoms with Gasteiger partial charge >= 0.3 is 0 Å². The van der Waals surface area contributed by atoms with Crippen molar-refractivity contribution in [2.24, 2.45) is 5.92 Å². The molecule has 1 saturated heterocycles. The SMILES string of the molecule is COC[C@H]1O[C@@H](n2cnc3c(NCC(c4ccccc4)c4ccccc4)nc(CNS(=O)(=O)CC(C)C)nc32)[C@@H](O)[C@@H]1O. The van der Waals surface area contributed by atoms with E-state index in [0.717, 1.165) is 11.1 Å². The molecule has 0 aliphatic carbocycles. The smallest absolute Gasteiger partial charge is 0.212 e. The lowest BCUT2D eigenvalue weighted by atomic mass is 9.91. The number of ether oxygens (including phenoxy) is 2. The summed E-state index contributed by atoms with van der Waals surface area (Å²) in [5.74, 6) is 0.503. The molecule has 0 spiro atoms. The number of fused-ring (bicyclic) bond motifs is 1. The van der Waals surface area contributed by atoms with Crippen molar-refractivity contribution in [3.8, 4) is 0 Å². The number of anilines is 1. The van der Waals surface area contributed by atoms with Gasteiger partial charge in [0.1, 0.15) is 24.1 Å². The van der Waals surface area contributed by atoms with Gasteiger partial charge < -0.3 is 25.0 Å². The summed E-state index contributed by atoms with van der Waals surface area (Å²) in [4.78, 5) is 13.8. The second-order valence-electron chi connectivity index (χ2n) is 11.1. The van der Waals surface area contributed by atoms with Crippen molar-refractivity contribution < 1.29 is 28.1 Å². The molecule has 12 nitrogen and oxygen atoms in total. The Kier molecular flexibility index (Phi) is 9.69. The highest BCUT2D eigenvalue weighted by Crippen LogP contribution is 2.33. The molecule has 1 aliphatic rings. The zero-order valence-electron chi connectivity index (χ0n) is 24.4. The van der Waals surface area contributed by atoms with Gasteiger partial charge in [-0.3, -0.25) is 4.57 Å². The molecule has 0 saturated carbocycles. The van der Waals surface area contributed by atoms with Crippen LogP contribution in [0.1, 0.15) is 42.9 Å². The number of sulfonamides is 1. The van der Waals surface area contributed by atoms with Crippen molar-refractivity contribution in [2.45, 2.75) is 50.8 Å². The lowest BCUT2D eigenvalue weighted by Crippen LogP contribution is -2.33. The zero-order chi connectivity index (χ0) is 30.6. The second kappa shape index (κ2) is 13.5. The topological polar surface area (TPSA) is 161 Å². The molecule has 0 unspecified atom stereocenters. The molecule has 2 aromatic carbocycles. The number of aromatic nitrogens is 4. The zero-order valence-corrected chi connectivity index (χ0v) is 25.2. The van der Waals surface area contributed by atoms with Gasteiger partial charge in [-0.25, -0.2) is 28.1 Å².